The van der Waals surface area contributed by atoms with E-state index in [0.29, 0.717) is 18.9 Å². The number of benzene rings is 1. The van der Waals surface area contributed by atoms with Crippen molar-refractivity contribution in [2.24, 2.45) is 0 Å². The summed E-state index contributed by atoms with van der Waals surface area (Å²) in [6, 6.07) is 4.66. The molecule has 0 radical (unpaired) electrons. The van der Waals surface area contributed by atoms with Gasteiger partial charge in [-0.25, -0.2) is 9.78 Å². The van der Waals surface area contributed by atoms with E-state index < -0.39 is 8.07 Å². The number of fused-ring (bicyclic) bond motifs is 1. The standard InChI is InChI=1S/C17H26N2O4Si/c1-21-10-14-8-13(17(20)22-2)9-15-16(14)18-11-19(15)12-23-6-7-24(3,4)5/h8-9,11H,6-7,10,12H2,1-5H3. The fourth-order valence-electron chi connectivity index (χ4n) is 2.38. The Morgan fingerprint density at radius 1 is 1.25 bits per heavy atom. The van der Waals surface area contributed by atoms with Crippen LogP contribution < -0.4 is 0 Å². The van der Waals surface area contributed by atoms with E-state index in [2.05, 4.69) is 24.6 Å². The first-order chi connectivity index (χ1) is 11.4. The van der Waals surface area contributed by atoms with E-state index >= 15 is 0 Å². The normalized spacial score (nSPS) is 11.9. The summed E-state index contributed by atoms with van der Waals surface area (Å²) in [4.78, 5) is 16.3. The van der Waals surface area contributed by atoms with Crippen molar-refractivity contribution in [3.05, 3.63) is 29.6 Å². The van der Waals surface area contributed by atoms with Gasteiger partial charge in [0.1, 0.15) is 6.73 Å². The van der Waals surface area contributed by atoms with Crippen molar-refractivity contribution in [1.29, 1.82) is 0 Å². The highest BCUT2D eigenvalue weighted by Crippen LogP contribution is 2.22. The maximum absolute atomic E-state index is 11.9. The lowest BCUT2D eigenvalue weighted by Crippen LogP contribution is -2.22. The third-order valence-corrected chi connectivity index (χ3v) is 5.46. The van der Waals surface area contributed by atoms with Gasteiger partial charge in [-0.05, 0) is 18.2 Å². The van der Waals surface area contributed by atoms with E-state index in [1.165, 1.54) is 7.11 Å². The molecule has 0 saturated carbocycles. The minimum absolute atomic E-state index is 0.373. The number of rotatable bonds is 8. The van der Waals surface area contributed by atoms with E-state index in [1.54, 1.807) is 25.6 Å². The molecule has 0 bridgehead atoms. The van der Waals surface area contributed by atoms with Gasteiger partial charge in [-0.2, -0.15) is 0 Å². The molecular weight excluding hydrogens is 324 g/mol. The van der Waals surface area contributed by atoms with Crippen LogP contribution in [-0.4, -0.2) is 44.4 Å². The Kier molecular flexibility index (Phi) is 6.14. The number of imidazole rings is 1. The average molecular weight is 350 g/mol. The molecule has 2 rings (SSSR count). The van der Waals surface area contributed by atoms with Crippen LogP contribution in [0.2, 0.25) is 25.7 Å². The average Bonchev–Trinajstić information content (AvgIpc) is 2.93. The predicted molar refractivity (Wildman–Crippen MR) is 95.9 cm³/mol. The molecule has 6 nitrogen and oxygen atoms in total. The molecule has 0 aliphatic carbocycles. The lowest BCUT2D eigenvalue weighted by molar-refractivity contribution is 0.0600. The number of esters is 1. The molecule has 1 heterocycles. The van der Waals surface area contributed by atoms with Crippen LogP contribution in [0.1, 0.15) is 15.9 Å². The second kappa shape index (κ2) is 7.91. The fraction of sp³-hybridized carbons (Fsp3) is 0.529. The highest BCUT2D eigenvalue weighted by molar-refractivity contribution is 6.76. The summed E-state index contributed by atoms with van der Waals surface area (Å²) in [6.45, 7) is 8.50. The van der Waals surface area contributed by atoms with Crippen molar-refractivity contribution < 1.29 is 19.0 Å². The van der Waals surface area contributed by atoms with E-state index in [0.717, 1.165) is 29.2 Å². The molecule has 0 spiro atoms. The van der Waals surface area contributed by atoms with E-state index in [4.69, 9.17) is 14.2 Å². The smallest absolute Gasteiger partial charge is 0.337 e. The minimum Gasteiger partial charge on any atom is -0.465 e. The number of hydrogen-bond acceptors (Lipinski definition) is 5. The Balaban J connectivity index is 2.24. The molecule has 0 fully saturated rings. The van der Waals surface area contributed by atoms with Gasteiger partial charge in [-0.3, -0.25) is 0 Å². The van der Waals surface area contributed by atoms with E-state index in [-0.39, 0.29) is 5.97 Å². The Labute approximate surface area is 143 Å². The van der Waals surface area contributed by atoms with Crippen LogP contribution in [0.25, 0.3) is 11.0 Å². The number of ether oxygens (including phenoxy) is 3. The zero-order chi connectivity index (χ0) is 17.7. The highest BCUT2D eigenvalue weighted by Gasteiger charge is 2.15. The third-order valence-electron chi connectivity index (χ3n) is 3.75. The highest BCUT2D eigenvalue weighted by atomic mass is 28.3. The maximum atomic E-state index is 11.9. The first kappa shape index (κ1) is 18.6. The van der Waals surface area contributed by atoms with Crippen molar-refractivity contribution in [2.75, 3.05) is 20.8 Å². The summed E-state index contributed by atoms with van der Waals surface area (Å²) in [5.74, 6) is -0.373. The molecule has 0 aliphatic rings. The lowest BCUT2D eigenvalue weighted by Gasteiger charge is -2.15. The maximum Gasteiger partial charge on any atom is 0.337 e. The molecule has 0 unspecified atom stereocenters. The molecule has 132 valence electrons. The SMILES string of the molecule is COCc1cc(C(=O)OC)cc2c1ncn2COCC[Si](C)(C)C. The van der Waals surface area contributed by atoms with Crippen LogP contribution >= 0.6 is 0 Å². The zero-order valence-corrected chi connectivity index (χ0v) is 16.1. The minimum atomic E-state index is -1.11. The lowest BCUT2D eigenvalue weighted by atomic mass is 10.1. The number of nitrogens with zero attached hydrogens (tertiary/aromatic N) is 2. The molecule has 0 atom stereocenters. The van der Waals surface area contributed by atoms with Gasteiger partial charge < -0.3 is 18.8 Å². The van der Waals surface area contributed by atoms with Crippen molar-refractivity contribution in [3.8, 4) is 0 Å². The Morgan fingerprint density at radius 2 is 2.00 bits per heavy atom. The van der Waals surface area contributed by atoms with Crippen molar-refractivity contribution in [2.45, 2.75) is 39.0 Å². The summed E-state index contributed by atoms with van der Waals surface area (Å²) in [7, 11) is 1.88. The second-order valence-corrected chi connectivity index (χ2v) is 12.6. The molecular formula is C17H26N2O4Si. The number of hydrogen-bond donors (Lipinski definition) is 0. The monoisotopic (exact) mass is 350 g/mol. The van der Waals surface area contributed by atoms with Gasteiger partial charge in [0.05, 0.1) is 36.6 Å². The van der Waals surface area contributed by atoms with Crippen molar-refractivity contribution >= 4 is 25.1 Å². The summed E-state index contributed by atoms with van der Waals surface area (Å²) >= 11 is 0. The summed E-state index contributed by atoms with van der Waals surface area (Å²) in [6.07, 6.45) is 1.74. The fourth-order valence-corrected chi connectivity index (χ4v) is 3.14. The van der Waals surface area contributed by atoms with Gasteiger partial charge in [-0.15, -0.1) is 0 Å². The summed E-state index contributed by atoms with van der Waals surface area (Å²) in [5.41, 5.74) is 3.01. The van der Waals surface area contributed by atoms with E-state index in [9.17, 15) is 4.79 Å². The third kappa shape index (κ3) is 4.65. The first-order valence-corrected chi connectivity index (χ1v) is 11.7. The molecule has 2 aromatic rings. The molecule has 1 aromatic carbocycles. The van der Waals surface area contributed by atoms with Gasteiger partial charge in [0.25, 0.3) is 0 Å². The van der Waals surface area contributed by atoms with Gasteiger partial charge in [0.2, 0.25) is 0 Å². The summed E-state index contributed by atoms with van der Waals surface area (Å²) in [5, 5.41) is 0. The van der Waals surface area contributed by atoms with Crippen LogP contribution in [0.5, 0.6) is 0 Å². The quantitative estimate of drug-likeness (QED) is 0.415. The number of carbonyl (C=O) groups excluding carboxylic acids is 1. The Hall–Kier alpha value is -1.70. The predicted octanol–water partition coefficient (Wildman–Crippen LogP) is 3.28. The molecule has 0 amide bonds. The molecule has 0 aliphatic heterocycles. The van der Waals surface area contributed by atoms with Gasteiger partial charge >= 0.3 is 5.97 Å². The zero-order valence-electron chi connectivity index (χ0n) is 15.1. The Morgan fingerprint density at radius 3 is 2.62 bits per heavy atom. The van der Waals surface area contributed by atoms with E-state index in [1.807, 2.05) is 4.57 Å². The van der Waals surface area contributed by atoms with Gasteiger partial charge in [0, 0.05) is 27.4 Å². The Bertz CT molecular complexity index is 706. The first-order valence-electron chi connectivity index (χ1n) is 7.98. The second-order valence-electron chi connectivity index (χ2n) is 6.99. The number of aromatic nitrogens is 2. The van der Waals surface area contributed by atoms with Crippen LogP contribution in [0, 0.1) is 0 Å². The molecule has 24 heavy (non-hydrogen) atoms. The van der Waals surface area contributed by atoms with Gasteiger partial charge in [-0.1, -0.05) is 19.6 Å². The van der Waals surface area contributed by atoms with Crippen LogP contribution in [-0.2, 0) is 27.5 Å². The molecule has 0 saturated heterocycles. The van der Waals surface area contributed by atoms with Crippen LogP contribution in [0.3, 0.4) is 0 Å². The largest absolute Gasteiger partial charge is 0.465 e. The molecule has 1 aromatic heterocycles. The number of carbonyl (C=O) groups is 1. The summed E-state index contributed by atoms with van der Waals surface area (Å²) < 4.78 is 17.8. The molecule has 0 N–H and O–H groups in total. The van der Waals surface area contributed by atoms with Crippen molar-refractivity contribution in [3.63, 3.8) is 0 Å². The van der Waals surface area contributed by atoms with Crippen molar-refractivity contribution in [1.82, 2.24) is 9.55 Å². The van der Waals surface area contributed by atoms with Crippen LogP contribution in [0.15, 0.2) is 18.5 Å². The number of methoxy groups -OCH3 is 2. The molecule has 7 heteroatoms. The van der Waals surface area contributed by atoms with Crippen LogP contribution in [0.4, 0.5) is 0 Å². The van der Waals surface area contributed by atoms with Gasteiger partial charge in [0.15, 0.2) is 0 Å². The topological polar surface area (TPSA) is 62.6 Å².